The number of hydrogen-bond donors (Lipinski definition) is 1. The van der Waals surface area contributed by atoms with Gasteiger partial charge >= 0.3 is 5.97 Å². The molecule has 0 saturated carbocycles. The highest BCUT2D eigenvalue weighted by atomic mass is 16.6. The van der Waals surface area contributed by atoms with Crippen LogP contribution in [0.25, 0.3) is 5.57 Å². The van der Waals surface area contributed by atoms with E-state index in [0.717, 1.165) is 11.1 Å². The lowest BCUT2D eigenvalue weighted by Gasteiger charge is -2.08. The molecule has 0 spiro atoms. The van der Waals surface area contributed by atoms with Crippen LogP contribution in [0.2, 0.25) is 0 Å². The number of ether oxygens (including phenoxy) is 1. The lowest BCUT2D eigenvalue weighted by atomic mass is 9.96. The van der Waals surface area contributed by atoms with Crippen LogP contribution < -0.4 is 0 Å². The largest absolute Gasteiger partial charge is 0.428 e. The van der Waals surface area contributed by atoms with Crippen molar-refractivity contribution in [2.24, 2.45) is 0 Å². The van der Waals surface area contributed by atoms with E-state index in [4.69, 9.17) is 4.74 Å². The van der Waals surface area contributed by atoms with E-state index in [-0.39, 0.29) is 0 Å². The second-order valence-corrected chi connectivity index (χ2v) is 4.69. The first-order chi connectivity index (χ1) is 9.75. The number of aliphatic hydroxyl groups excluding tert-OH is 1. The average molecular weight is 266 g/mol. The molecule has 0 aromatic heterocycles. The zero-order valence-electron chi connectivity index (χ0n) is 10.8. The predicted molar refractivity (Wildman–Crippen MR) is 75.6 cm³/mol. The van der Waals surface area contributed by atoms with Gasteiger partial charge in [0.15, 0.2) is 0 Å². The molecule has 3 rings (SSSR count). The van der Waals surface area contributed by atoms with Crippen molar-refractivity contribution in [2.75, 3.05) is 0 Å². The molecule has 2 aromatic rings. The number of carbonyl (C=O) groups is 1. The molecular weight excluding hydrogens is 252 g/mol. The van der Waals surface area contributed by atoms with Crippen molar-refractivity contribution >= 4 is 11.5 Å². The van der Waals surface area contributed by atoms with E-state index < -0.39 is 12.3 Å². The fourth-order valence-electron chi connectivity index (χ4n) is 2.39. The molecule has 0 amide bonds. The fourth-order valence-corrected chi connectivity index (χ4v) is 2.39. The first kappa shape index (κ1) is 12.6. The summed E-state index contributed by atoms with van der Waals surface area (Å²) in [6.45, 7) is 0. The van der Waals surface area contributed by atoms with E-state index in [2.05, 4.69) is 0 Å². The lowest BCUT2D eigenvalue weighted by Crippen LogP contribution is -2.11. The Morgan fingerprint density at radius 1 is 0.950 bits per heavy atom. The van der Waals surface area contributed by atoms with E-state index in [1.165, 1.54) is 0 Å². The summed E-state index contributed by atoms with van der Waals surface area (Å²) in [5.74, 6) is -0.463. The summed E-state index contributed by atoms with van der Waals surface area (Å²) in [6.07, 6.45) is -0.657. The molecule has 2 aromatic carbocycles. The van der Waals surface area contributed by atoms with Crippen LogP contribution in [0.5, 0.6) is 0 Å². The predicted octanol–water partition coefficient (Wildman–Crippen LogP) is 2.56. The number of aliphatic hydroxyl groups is 1. The number of hydrogen-bond acceptors (Lipinski definition) is 3. The molecular formula is C17H14O3. The highest BCUT2D eigenvalue weighted by molar-refractivity contribution is 6.19. The van der Waals surface area contributed by atoms with Crippen LogP contribution in [0.4, 0.5) is 0 Å². The lowest BCUT2D eigenvalue weighted by molar-refractivity contribution is -0.150. The Balaban J connectivity index is 2.03. The number of cyclic esters (lactones) is 1. The van der Waals surface area contributed by atoms with Crippen molar-refractivity contribution in [3.05, 3.63) is 77.4 Å². The summed E-state index contributed by atoms with van der Waals surface area (Å²) >= 11 is 0. The maximum atomic E-state index is 11.9. The van der Waals surface area contributed by atoms with Gasteiger partial charge in [0.05, 0.1) is 5.57 Å². The minimum absolute atomic E-state index is 0.463. The Bertz CT molecular complexity index is 644. The fraction of sp³-hybridized carbons (Fsp3) is 0.118. The van der Waals surface area contributed by atoms with Crippen LogP contribution >= 0.6 is 0 Å². The van der Waals surface area contributed by atoms with Gasteiger partial charge in [-0.1, -0.05) is 60.7 Å². The molecule has 0 bridgehead atoms. The SMILES string of the molecule is O=C1O[C@@H](O)C(Cc2ccccc2)=C1c1ccccc1. The van der Waals surface area contributed by atoms with Crippen molar-refractivity contribution in [2.45, 2.75) is 12.7 Å². The van der Waals surface area contributed by atoms with Gasteiger partial charge in [-0.2, -0.15) is 0 Å². The minimum Gasteiger partial charge on any atom is -0.428 e. The van der Waals surface area contributed by atoms with Gasteiger partial charge in [-0.3, -0.25) is 0 Å². The summed E-state index contributed by atoms with van der Waals surface area (Å²) in [4.78, 5) is 11.9. The highest BCUT2D eigenvalue weighted by Crippen LogP contribution is 2.31. The van der Waals surface area contributed by atoms with E-state index in [9.17, 15) is 9.90 Å². The molecule has 3 heteroatoms. The third kappa shape index (κ3) is 2.36. The molecule has 0 fully saturated rings. The number of esters is 1. The van der Waals surface area contributed by atoms with Crippen LogP contribution in [-0.2, 0) is 16.0 Å². The molecule has 100 valence electrons. The monoisotopic (exact) mass is 266 g/mol. The molecule has 3 nitrogen and oxygen atoms in total. The Morgan fingerprint density at radius 3 is 2.20 bits per heavy atom. The summed E-state index contributed by atoms with van der Waals surface area (Å²) in [5, 5.41) is 9.95. The van der Waals surface area contributed by atoms with Gasteiger partial charge in [0.2, 0.25) is 6.29 Å². The molecule has 0 saturated heterocycles. The number of carbonyl (C=O) groups excluding carboxylic acids is 1. The molecule has 1 aliphatic heterocycles. The Hall–Kier alpha value is -2.39. The van der Waals surface area contributed by atoms with Crippen molar-refractivity contribution in [1.82, 2.24) is 0 Å². The van der Waals surface area contributed by atoms with Gasteiger partial charge in [0, 0.05) is 12.0 Å². The standard InChI is InChI=1S/C17H14O3/c18-16-14(11-12-7-3-1-4-8-12)15(17(19)20-16)13-9-5-2-6-10-13/h1-10,16,18H,11H2/t16-/m1/s1. The maximum Gasteiger partial charge on any atom is 0.341 e. The quantitative estimate of drug-likeness (QED) is 0.868. The van der Waals surface area contributed by atoms with Crippen molar-refractivity contribution in [3.63, 3.8) is 0 Å². The zero-order chi connectivity index (χ0) is 13.9. The van der Waals surface area contributed by atoms with Crippen molar-refractivity contribution in [3.8, 4) is 0 Å². The first-order valence-corrected chi connectivity index (χ1v) is 6.47. The molecule has 0 aliphatic carbocycles. The van der Waals surface area contributed by atoms with Gasteiger partial charge in [-0.25, -0.2) is 4.79 Å². The Kier molecular flexibility index (Phi) is 3.35. The van der Waals surface area contributed by atoms with Gasteiger partial charge in [0.25, 0.3) is 0 Å². The van der Waals surface area contributed by atoms with Crippen molar-refractivity contribution < 1.29 is 14.6 Å². The first-order valence-electron chi connectivity index (χ1n) is 6.47. The smallest absolute Gasteiger partial charge is 0.341 e. The number of rotatable bonds is 3. The zero-order valence-corrected chi connectivity index (χ0v) is 10.8. The van der Waals surface area contributed by atoms with Crippen LogP contribution in [0.3, 0.4) is 0 Å². The van der Waals surface area contributed by atoms with Crippen molar-refractivity contribution in [1.29, 1.82) is 0 Å². The molecule has 1 atom stereocenters. The maximum absolute atomic E-state index is 11.9. The Morgan fingerprint density at radius 2 is 1.55 bits per heavy atom. The second-order valence-electron chi connectivity index (χ2n) is 4.69. The molecule has 1 aliphatic rings. The van der Waals surface area contributed by atoms with E-state index in [1.54, 1.807) is 0 Å². The topological polar surface area (TPSA) is 46.5 Å². The molecule has 0 unspecified atom stereocenters. The van der Waals surface area contributed by atoms with Gasteiger partial charge in [-0.15, -0.1) is 0 Å². The summed E-state index contributed by atoms with van der Waals surface area (Å²) < 4.78 is 4.96. The number of benzene rings is 2. The van der Waals surface area contributed by atoms with Crippen LogP contribution in [0, 0.1) is 0 Å². The van der Waals surface area contributed by atoms with E-state index in [1.807, 2.05) is 60.7 Å². The summed E-state index contributed by atoms with van der Waals surface area (Å²) in [5.41, 5.74) is 2.91. The summed E-state index contributed by atoms with van der Waals surface area (Å²) in [6, 6.07) is 19.0. The van der Waals surface area contributed by atoms with E-state index >= 15 is 0 Å². The normalized spacial score (nSPS) is 18.2. The second kappa shape index (κ2) is 5.31. The highest BCUT2D eigenvalue weighted by Gasteiger charge is 2.33. The van der Waals surface area contributed by atoms with Crippen LogP contribution in [0.1, 0.15) is 11.1 Å². The van der Waals surface area contributed by atoms with Crippen LogP contribution in [0.15, 0.2) is 66.2 Å². The van der Waals surface area contributed by atoms with Gasteiger partial charge in [0.1, 0.15) is 0 Å². The Labute approximate surface area is 117 Å². The molecule has 0 radical (unpaired) electrons. The van der Waals surface area contributed by atoms with E-state index in [0.29, 0.717) is 17.6 Å². The van der Waals surface area contributed by atoms with Crippen LogP contribution in [-0.4, -0.2) is 17.4 Å². The molecule has 1 N–H and O–H groups in total. The molecule has 20 heavy (non-hydrogen) atoms. The third-order valence-corrected chi connectivity index (χ3v) is 3.34. The van der Waals surface area contributed by atoms with Gasteiger partial charge < -0.3 is 9.84 Å². The minimum atomic E-state index is -1.15. The third-order valence-electron chi connectivity index (χ3n) is 3.34. The average Bonchev–Trinajstić information content (AvgIpc) is 2.75. The molecule has 1 heterocycles. The van der Waals surface area contributed by atoms with Gasteiger partial charge in [-0.05, 0) is 11.1 Å². The summed E-state index contributed by atoms with van der Waals surface area (Å²) in [7, 11) is 0.